The standard InChI is InChI=1S/C15H20N2S/c1-11(16)13-7-4-5-8-14(13)17(3)12(2)15-9-6-10-18-15/h4-12H,16H2,1-3H3/t11-,12?/m1/s1. The molecule has 18 heavy (non-hydrogen) atoms. The average molecular weight is 260 g/mol. The van der Waals surface area contributed by atoms with E-state index in [0.29, 0.717) is 6.04 Å². The van der Waals surface area contributed by atoms with E-state index in [9.17, 15) is 0 Å². The maximum Gasteiger partial charge on any atom is 0.0603 e. The molecule has 2 N–H and O–H groups in total. The first-order valence-corrected chi connectivity index (χ1v) is 7.10. The van der Waals surface area contributed by atoms with E-state index in [4.69, 9.17) is 5.73 Å². The molecule has 0 spiro atoms. The lowest BCUT2D eigenvalue weighted by Gasteiger charge is -2.29. The Labute approximate surface area is 113 Å². The van der Waals surface area contributed by atoms with Crippen LogP contribution in [0.5, 0.6) is 0 Å². The summed E-state index contributed by atoms with van der Waals surface area (Å²) in [6.07, 6.45) is 0. The van der Waals surface area contributed by atoms with Crippen LogP contribution in [0.15, 0.2) is 41.8 Å². The smallest absolute Gasteiger partial charge is 0.0603 e. The zero-order valence-electron chi connectivity index (χ0n) is 11.1. The van der Waals surface area contributed by atoms with Crippen molar-refractivity contribution in [3.63, 3.8) is 0 Å². The molecule has 0 bridgehead atoms. The molecule has 3 heteroatoms. The van der Waals surface area contributed by atoms with Crippen LogP contribution in [0.1, 0.15) is 36.4 Å². The minimum absolute atomic E-state index is 0.0548. The number of anilines is 1. The van der Waals surface area contributed by atoms with Gasteiger partial charge in [-0.15, -0.1) is 11.3 Å². The highest BCUT2D eigenvalue weighted by atomic mass is 32.1. The van der Waals surface area contributed by atoms with E-state index in [1.165, 1.54) is 16.1 Å². The number of nitrogens with two attached hydrogens (primary N) is 1. The normalized spacial score (nSPS) is 14.2. The molecule has 0 fully saturated rings. The summed E-state index contributed by atoms with van der Waals surface area (Å²) in [5.41, 5.74) is 8.46. The number of nitrogens with zero attached hydrogens (tertiary/aromatic N) is 1. The summed E-state index contributed by atoms with van der Waals surface area (Å²) in [4.78, 5) is 3.67. The Morgan fingerprint density at radius 2 is 1.83 bits per heavy atom. The Balaban J connectivity index is 2.31. The quantitative estimate of drug-likeness (QED) is 0.901. The number of hydrogen-bond donors (Lipinski definition) is 1. The van der Waals surface area contributed by atoms with Crippen LogP contribution in [0.2, 0.25) is 0 Å². The molecule has 1 heterocycles. The predicted octanol–water partition coefficient (Wildman–Crippen LogP) is 3.97. The molecule has 1 unspecified atom stereocenters. The molecular weight excluding hydrogens is 240 g/mol. The van der Waals surface area contributed by atoms with E-state index in [1.807, 2.05) is 13.0 Å². The summed E-state index contributed by atoms with van der Waals surface area (Å²) in [6, 6.07) is 13.1. The Morgan fingerprint density at radius 3 is 2.44 bits per heavy atom. The molecule has 0 aliphatic heterocycles. The molecule has 1 aromatic heterocycles. The first-order chi connectivity index (χ1) is 8.61. The Hall–Kier alpha value is -1.32. The minimum Gasteiger partial charge on any atom is -0.367 e. The first kappa shape index (κ1) is 13.1. The van der Waals surface area contributed by atoms with Crippen LogP contribution in [-0.2, 0) is 0 Å². The zero-order valence-corrected chi connectivity index (χ0v) is 11.9. The van der Waals surface area contributed by atoms with Crippen molar-refractivity contribution in [3.8, 4) is 0 Å². The second-order valence-electron chi connectivity index (χ2n) is 4.65. The summed E-state index contributed by atoms with van der Waals surface area (Å²) in [6.45, 7) is 4.26. The number of thiophene rings is 1. The Bertz CT molecular complexity index is 491. The highest BCUT2D eigenvalue weighted by Crippen LogP contribution is 2.32. The van der Waals surface area contributed by atoms with Gasteiger partial charge in [0.25, 0.3) is 0 Å². The number of rotatable bonds is 4. The minimum atomic E-state index is 0.0548. The fourth-order valence-corrected chi connectivity index (χ4v) is 2.95. The van der Waals surface area contributed by atoms with Gasteiger partial charge in [0.05, 0.1) is 6.04 Å². The fourth-order valence-electron chi connectivity index (χ4n) is 2.12. The van der Waals surface area contributed by atoms with Gasteiger partial charge in [0, 0.05) is 23.7 Å². The van der Waals surface area contributed by atoms with Gasteiger partial charge < -0.3 is 10.6 Å². The third-order valence-electron chi connectivity index (χ3n) is 3.34. The van der Waals surface area contributed by atoms with Crippen molar-refractivity contribution in [1.82, 2.24) is 0 Å². The summed E-state index contributed by atoms with van der Waals surface area (Å²) < 4.78 is 0. The van der Waals surface area contributed by atoms with Gasteiger partial charge >= 0.3 is 0 Å². The molecule has 96 valence electrons. The lowest BCUT2D eigenvalue weighted by Crippen LogP contribution is -2.23. The van der Waals surface area contributed by atoms with Crippen molar-refractivity contribution >= 4 is 17.0 Å². The van der Waals surface area contributed by atoms with Crippen molar-refractivity contribution in [3.05, 3.63) is 52.2 Å². The summed E-state index contributed by atoms with van der Waals surface area (Å²) in [5.74, 6) is 0. The van der Waals surface area contributed by atoms with Crippen molar-refractivity contribution in [1.29, 1.82) is 0 Å². The van der Waals surface area contributed by atoms with Gasteiger partial charge in [-0.05, 0) is 36.9 Å². The maximum absolute atomic E-state index is 6.05. The second kappa shape index (κ2) is 5.55. The van der Waals surface area contributed by atoms with Crippen molar-refractivity contribution in [2.75, 3.05) is 11.9 Å². The molecule has 1 aromatic carbocycles. The predicted molar refractivity (Wildman–Crippen MR) is 80.2 cm³/mol. The number of hydrogen-bond acceptors (Lipinski definition) is 3. The van der Waals surface area contributed by atoms with Crippen LogP contribution in [0.4, 0.5) is 5.69 Å². The lowest BCUT2D eigenvalue weighted by molar-refractivity contribution is 0.733. The first-order valence-electron chi connectivity index (χ1n) is 6.22. The summed E-state index contributed by atoms with van der Waals surface area (Å²) in [7, 11) is 2.13. The average Bonchev–Trinajstić information content (AvgIpc) is 2.90. The van der Waals surface area contributed by atoms with E-state index in [1.54, 1.807) is 11.3 Å². The van der Waals surface area contributed by atoms with Gasteiger partial charge in [-0.3, -0.25) is 0 Å². The van der Waals surface area contributed by atoms with Crippen LogP contribution in [0.25, 0.3) is 0 Å². The fraction of sp³-hybridized carbons (Fsp3) is 0.333. The monoisotopic (exact) mass is 260 g/mol. The van der Waals surface area contributed by atoms with Gasteiger partial charge in [0.1, 0.15) is 0 Å². The molecule has 0 amide bonds. The molecule has 2 atom stereocenters. The summed E-state index contributed by atoms with van der Waals surface area (Å²) >= 11 is 1.80. The molecule has 0 saturated heterocycles. The van der Waals surface area contributed by atoms with Gasteiger partial charge in [-0.1, -0.05) is 24.3 Å². The number of para-hydroxylation sites is 1. The zero-order chi connectivity index (χ0) is 13.1. The van der Waals surface area contributed by atoms with Gasteiger partial charge in [-0.2, -0.15) is 0 Å². The number of benzene rings is 1. The van der Waals surface area contributed by atoms with Crippen LogP contribution in [-0.4, -0.2) is 7.05 Å². The molecule has 0 radical (unpaired) electrons. The van der Waals surface area contributed by atoms with Crippen LogP contribution >= 0.6 is 11.3 Å². The largest absolute Gasteiger partial charge is 0.367 e. The van der Waals surface area contributed by atoms with E-state index in [-0.39, 0.29) is 6.04 Å². The second-order valence-corrected chi connectivity index (χ2v) is 5.63. The highest BCUT2D eigenvalue weighted by Gasteiger charge is 2.16. The SMILES string of the molecule is CC(c1cccs1)N(C)c1ccccc1[C@@H](C)N. The molecule has 2 aromatic rings. The molecule has 2 rings (SSSR count). The van der Waals surface area contributed by atoms with Crippen LogP contribution in [0, 0.1) is 0 Å². The maximum atomic E-state index is 6.05. The molecule has 0 saturated carbocycles. The summed E-state index contributed by atoms with van der Waals surface area (Å²) in [5, 5.41) is 2.12. The van der Waals surface area contributed by atoms with E-state index in [2.05, 4.69) is 54.6 Å². The van der Waals surface area contributed by atoms with Gasteiger partial charge in [-0.25, -0.2) is 0 Å². The lowest BCUT2D eigenvalue weighted by atomic mass is 10.0. The van der Waals surface area contributed by atoms with E-state index < -0.39 is 0 Å². The van der Waals surface area contributed by atoms with Crippen LogP contribution in [0.3, 0.4) is 0 Å². The molecular formula is C15H20N2S. The third-order valence-corrected chi connectivity index (χ3v) is 4.39. The van der Waals surface area contributed by atoms with E-state index in [0.717, 1.165) is 0 Å². The topological polar surface area (TPSA) is 29.3 Å². The molecule has 2 nitrogen and oxygen atoms in total. The Kier molecular flexibility index (Phi) is 4.04. The Morgan fingerprint density at radius 1 is 1.11 bits per heavy atom. The molecule has 0 aliphatic rings. The van der Waals surface area contributed by atoms with Crippen molar-refractivity contribution in [2.24, 2.45) is 5.73 Å². The van der Waals surface area contributed by atoms with Crippen molar-refractivity contribution < 1.29 is 0 Å². The highest BCUT2D eigenvalue weighted by molar-refractivity contribution is 7.10. The van der Waals surface area contributed by atoms with E-state index >= 15 is 0 Å². The van der Waals surface area contributed by atoms with Crippen molar-refractivity contribution in [2.45, 2.75) is 25.9 Å². The van der Waals surface area contributed by atoms with Crippen LogP contribution < -0.4 is 10.6 Å². The van der Waals surface area contributed by atoms with Gasteiger partial charge in [0.2, 0.25) is 0 Å². The third kappa shape index (κ3) is 2.57. The molecule has 0 aliphatic carbocycles. The van der Waals surface area contributed by atoms with Gasteiger partial charge in [0.15, 0.2) is 0 Å².